The summed E-state index contributed by atoms with van der Waals surface area (Å²) in [5.41, 5.74) is 6.99. The summed E-state index contributed by atoms with van der Waals surface area (Å²) >= 11 is 0. The fourth-order valence-corrected chi connectivity index (χ4v) is 2.75. The highest BCUT2D eigenvalue weighted by molar-refractivity contribution is 7.90. The molecule has 14 heavy (non-hydrogen) atoms. The Bertz CT molecular complexity index is 395. The molecule has 0 aliphatic heterocycles. The molecule has 78 valence electrons. The quantitative estimate of drug-likeness (QED) is 0.778. The fraction of sp³-hybridized carbons (Fsp3) is 0.400. The summed E-state index contributed by atoms with van der Waals surface area (Å²) in [7, 11) is -3.02. The van der Waals surface area contributed by atoms with Gasteiger partial charge in [-0.2, -0.15) is 0 Å². The maximum Gasteiger partial charge on any atom is 0.154 e. The minimum absolute atomic E-state index is 0.414. The molecule has 0 aliphatic rings. The number of nitrogens with two attached hydrogens (primary N) is 1. The van der Waals surface area contributed by atoms with E-state index >= 15 is 0 Å². The topological polar surface area (TPSA) is 60.2 Å². The van der Waals surface area contributed by atoms with Gasteiger partial charge in [0.15, 0.2) is 9.84 Å². The Morgan fingerprint density at radius 1 is 1.29 bits per heavy atom. The van der Waals surface area contributed by atoms with Crippen molar-refractivity contribution >= 4 is 15.5 Å². The highest BCUT2D eigenvalue weighted by Gasteiger charge is 2.20. The molecule has 1 aromatic rings. The van der Waals surface area contributed by atoms with Gasteiger partial charge in [0.1, 0.15) is 0 Å². The van der Waals surface area contributed by atoms with Gasteiger partial charge in [-0.15, -0.1) is 0 Å². The first-order valence-corrected chi connectivity index (χ1v) is 6.45. The summed E-state index contributed by atoms with van der Waals surface area (Å²) in [6, 6.07) is 6.99. The Morgan fingerprint density at radius 2 is 1.79 bits per heavy atom. The van der Waals surface area contributed by atoms with E-state index in [1.54, 1.807) is 24.3 Å². The predicted octanol–water partition coefficient (Wildman–Crippen LogP) is 1.76. The van der Waals surface area contributed by atoms with Crippen LogP contribution in [0.5, 0.6) is 0 Å². The zero-order valence-electron chi connectivity index (χ0n) is 8.40. The van der Waals surface area contributed by atoms with Crippen LogP contribution < -0.4 is 5.73 Å². The van der Waals surface area contributed by atoms with E-state index in [0.717, 1.165) is 5.56 Å². The van der Waals surface area contributed by atoms with Crippen LogP contribution in [0, 0.1) is 0 Å². The molecule has 1 rings (SSSR count). The van der Waals surface area contributed by atoms with Crippen LogP contribution in [0.4, 0.5) is 5.69 Å². The SMILES string of the molecule is CCC(c1ccc(N)cc1)S(C)(=O)=O. The first kappa shape index (κ1) is 11.0. The first-order valence-electron chi connectivity index (χ1n) is 4.49. The number of anilines is 1. The van der Waals surface area contributed by atoms with Gasteiger partial charge < -0.3 is 5.73 Å². The maximum atomic E-state index is 11.4. The molecule has 2 N–H and O–H groups in total. The van der Waals surface area contributed by atoms with Crippen molar-refractivity contribution in [1.29, 1.82) is 0 Å². The summed E-state index contributed by atoms with van der Waals surface area (Å²) in [5.74, 6) is 0. The molecular weight excluding hydrogens is 198 g/mol. The lowest BCUT2D eigenvalue weighted by Crippen LogP contribution is -2.10. The molecule has 0 aromatic heterocycles. The van der Waals surface area contributed by atoms with Gasteiger partial charge in [-0.25, -0.2) is 8.42 Å². The lowest BCUT2D eigenvalue weighted by Gasteiger charge is -2.12. The van der Waals surface area contributed by atoms with Crippen molar-refractivity contribution in [3.05, 3.63) is 29.8 Å². The summed E-state index contributed by atoms with van der Waals surface area (Å²) in [4.78, 5) is 0. The van der Waals surface area contributed by atoms with Crippen molar-refractivity contribution in [2.24, 2.45) is 0 Å². The molecule has 0 heterocycles. The minimum Gasteiger partial charge on any atom is -0.399 e. The van der Waals surface area contributed by atoms with Crippen molar-refractivity contribution in [2.45, 2.75) is 18.6 Å². The maximum absolute atomic E-state index is 11.4. The van der Waals surface area contributed by atoms with E-state index in [4.69, 9.17) is 5.73 Å². The molecule has 1 unspecified atom stereocenters. The highest BCUT2D eigenvalue weighted by atomic mass is 32.2. The molecule has 1 aromatic carbocycles. The molecule has 3 nitrogen and oxygen atoms in total. The molecule has 1 atom stereocenters. The van der Waals surface area contributed by atoms with E-state index in [1.165, 1.54) is 6.26 Å². The van der Waals surface area contributed by atoms with Crippen LogP contribution in [0.2, 0.25) is 0 Å². The van der Waals surface area contributed by atoms with E-state index in [-0.39, 0.29) is 0 Å². The van der Waals surface area contributed by atoms with Crippen LogP contribution >= 0.6 is 0 Å². The van der Waals surface area contributed by atoms with Crippen molar-refractivity contribution in [3.8, 4) is 0 Å². The van der Waals surface area contributed by atoms with Crippen LogP contribution in [-0.4, -0.2) is 14.7 Å². The van der Waals surface area contributed by atoms with Crippen LogP contribution in [-0.2, 0) is 9.84 Å². The Kier molecular flexibility index (Phi) is 3.16. The second-order valence-corrected chi connectivity index (χ2v) is 5.62. The number of sulfone groups is 1. The number of benzene rings is 1. The summed E-state index contributed by atoms with van der Waals surface area (Å²) < 4.78 is 22.8. The average Bonchev–Trinajstić information content (AvgIpc) is 2.07. The number of rotatable bonds is 3. The van der Waals surface area contributed by atoms with Crippen LogP contribution in [0.25, 0.3) is 0 Å². The van der Waals surface area contributed by atoms with Gasteiger partial charge in [0.05, 0.1) is 5.25 Å². The monoisotopic (exact) mass is 213 g/mol. The summed E-state index contributed by atoms with van der Waals surface area (Å²) in [5, 5.41) is -0.414. The van der Waals surface area contributed by atoms with Gasteiger partial charge in [0.2, 0.25) is 0 Å². The zero-order valence-corrected chi connectivity index (χ0v) is 9.21. The molecule has 0 saturated carbocycles. The first-order chi connectivity index (χ1) is 6.45. The third-order valence-electron chi connectivity index (χ3n) is 2.20. The van der Waals surface area contributed by atoms with Crippen molar-refractivity contribution in [3.63, 3.8) is 0 Å². The number of hydrogen-bond acceptors (Lipinski definition) is 3. The predicted molar refractivity (Wildman–Crippen MR) is 58.7 cm³/mol. The Hall–Kier alpha value is -1.03. The largest absolute Gasteiger partial charge is 0.399 e. The van der Waals surface area contributed by atoms with E-state index in [1.807, 2.05) is 6.92 Å². The molecule has 0 aliphatic carbocycles. The van der Waals surface area contributed by atoms with E-state index in [9.17, 15) is 8.42 Å². The van der Waals surface area contributed by atoms with Crippen LogP contribution in [0.3, 0.4) is 0 Å². The number of hydrogen-bond donors (Lipinski definition) is 1. The zero-order chi connectivity index (χ0) is 10.8. The van der Waals surface area contributed by atoms with Gasteiger partial charge in [-0.05, 0) is 24.1 Å². The molecule has 0 amide bonds. The minimum atomic E-state index is -3.02. The fourth-order valence-electron chi connectivity index (χ4n) is 1.50. The van der Waals surface area contributed by atoms with Crippen LogP contribution in [0.15, 0.2) is 24.3 Å². The van der Waals surface area contributed by atoms with Crippen molar-refractivity contribution in [2.75, 3.05) is 12.0 Å². The lowest BCUT2D eigenvalue weighted by molar-refractivity contribution is 0.585. The standard InChI is InChI=1S/C10H15NO2S/c1-3-10(14(2,12)13)8-4-6-9(11)7-5-8/h4-7,10H,3,11H2,1-2H3. The smallest absolute Gasteiger partial charge is 0.154 e. The normalized spacial score (nSPS) is 13.9. The molecule has 0 saturated heterocycles. The van der Waals surface area contributed by atoms with Crippen LogP contribution in [0.1, 0.15) is 24.2 Å². The highest BCUT2D eigenvalue weighted by Crippen LogP contribution is 2.25. The molecule has 0 spiro atoms. The number of nitrogen functional groups attached to an aromatic ring is 1. The second-order valence-electron chi connectivity index (χ2n) is 3.39. The van der Waals surface area contributed by atoms with Crippen molar-refractivity contribution < 1.29 is 8.42 Å². The molecular formula is C10H15NO2S. The third-order valence-corrected chi connectivity index (χ3v) is 3.84. The van der Waals surface area contributed by atoms with Gasteiger partial charge in [-0.3, -0.25) is 0 Å². The van der Waals surface area contributed by atoms with Crippen molar-refractivity contribution in [1.82, 2.24) is 0 Å². The Labute approximate surface area is 84.9 Å². The summed E-state index contributed by atoms with van der Waals surface area (Å²) in [6.07, 6.45) is 1.85. The lowest BCUT2D eigenvalue weighted by atomic mass is 10.1. The Balaban J connectivity index is 3.08. The summed E-state index contributed by atoms with van der Waals surface area (Å²) in [6.45, 7) is 1.86. The molecule has 4 heteroatoms. The molecule has 0 fully saturated rings. The van der Waals surface area contributed by atoms with Gasteiger partial charge >= 0.3 is 0 Å². The van der Waals surface area contributed by atoms with E-state index < -0.39 is 15.1 Å². The van der Waals surface area contributed by atoms with Gasteiger partial charge in [0.25, 0.3) is 0 Å². The average molecular weight is 213 g/mol. The van der Waals surface area contributed by atoms with E-state index in [2.05, 4.69) is 0 Å². The van der Waals surface area contributed by atoms with Gasteiger partial charge in [0, 0.05) is 11.9 Å². The third kappa shape index (κ3) is 2.48. The van der Waals surface area contributed by atoms with Gasteiger partial charge in [-0.1, -0.05) is 19.1 Å². The molecule has 0 radical (unpaired) electrons. The van der Waals surface area contributed by atoms with E-state index in [0.29, 0.717) is 12.1 Å². The Morgan fingerprint density at radius 3 is 2.14 bits per heavy atom. The second kappa shape index (κ2) is 4.00. The molecule has 0 bridgehead atoms.